The number of hydroxylamine groups is 1. The second-order valence-electron chi connectivity index (χ2n) is 9.34. The summed E-state index contributed by atoms with van der Waals surface area (Å²) in [5.74, 6) is 0.0643. The number of rotatable bonds is 10. The average molecular weight is 559 g/mol. The van der Waals surface area contributed by atoms with Crippen LogP contribution in [0.1, 0.15) is 32.9 Å². The molecule has 5 rings (SSSR count). The lowest BCUT2D eigenvalue weighted by molar-refractivity contribution is 0.0597. The Hall–Kier alpha value is -4.87. The number of halogens is 1. The van der Waals surface area contributed by atoms with Gasteiger partial charge < -0.3 is 25.1 Å². The monoisotopic (exact) mass is 558 g/mol. The molecule has 0 atom stereocenters. The maximum absolute atomic E-state index is 14.0. The van der Waals surface area contributed by atoms with Crippen LogP contribution in [0.5, 0.6) is 11.5 Å². The second-order valence-corrected chi connectivity index (χ2v) is 9.34. The Morgan fingerprint density at radius 1 is 1.15 bits per heavy atom. The highest BCUT2D eigenvalue weighted by molar-refractivity contribution is 6.11. The highest BCUT2D eigenvalue weighted by Gasteiger charge is 2.21. The van der Waals surface area contributed by atoms with Crippen molar-refractivity contribution >= 4 is 23.8 Å². The van der Waals surface area contributed by atoms with Gasteiger partial charge in [-0.2, -0.15) is 5.10 Å². The number of hydrogen-bond donors (Lipinski definition) is 3. The molecule has 1 saturated heterocycles. The summed E-state index contributed by atoms with van der Waals surface area (Å²) in [6, 6.07) is 13.2. The molecule has 10 nitrogen and oxygen atoms in total. The quantitative estimate of drug-likeness (QED) is 0.190. The van der Waals surface area contributed by atoms with Crippen molar-refractivity contribution in [1.82, 2.24) is 25.1 Å². The molecule has 4 N–H and O–H groups in total. The summed E-state index contributed by atoms with van der Waals surface area (Å²) < 4.78 is 26.7. The largest absolute Gasteiger partial charge is 0.454 e. The lowest BCUT2D eigenvalue weighted by atomic mass is 10.1. The van der Waals surface area contributed by atoms with Crippen molar-refractivity contribution in [3.05, 3.63) is 101 Å². The smallest absolute Gasteiger partial charge is 0.214 e. The number of aromatic nitrogens is 3. The number of anilines is 1. The molecule has 0 unspecified atom stereocenters. The van der Waals surface area contributed by atoms with Crippen molar-refractivity contribution in [3.63, 3.8) is 0 Å². The molecule has 0 radical (unpaired) electrons. The third kappa shape index (κ3) is 6.32. The molecule has 3 heterocycles. The number of benzene rings is 2. The number of aromatic amines is 1. The number of aryl methyl sites for hydroxylation is 1. The maximum atomic E-state index is 14.0. The van der Waals surface area contributed by atoms with Crippen LogP contribution in [-0.4, -0.2) is 58.9 Å². The van der Waals surface area contributed by atoms with Crippen molar-refractivity contribution in [2.24, 2.45) is 0 Å². The van der Waals surface area contributed by atoms with Crippen molar-refractivity contribution in [2.75, 3.05) is 39.1 Å². The number of carbonyl (C=O) groups is 1. The number of H-pyrrole nitrogens is 1. The topological polar surface area (TPSA) is 120 Å². The Morgan fingerprint density at radius 2 is 1.95 bits per heavy atom. The molecule has 2 aromatic carbocycles. The van der Waals surface area contributed by atoms with Gasteiger partial charge in [0.25, 0.3) is 0 Å². The number of ketones is 1. The third-order valence-electron chi connectivity index (χ3n) is 6.58. The van der Waals surface area contributed by atoms with E-state index in [1.807, 2.05) is 25.3 Å². The van der Waals surface area contributed by atoms with Gasteiger partial charge in [-0.25, -0.2) is 9.07 Å². The first-order chi connectivity index (χ1) is 19.9. The molecule has 1 aliphatic heterocycles. The minimum Gasteiger partial charge on any atom is -0.454 e. The zero-order chi connectivity index (χ0) is 28.8. The lowest BCUT2D eigenvalue weighted by Crippen LogP contribution is -2.31. The van der Waals surface area contributed by atoms with Crippen LogP contribution in [-0.2, 0) is 9.57 Å². The number of para-hydroxylation sites is 1. The van der Waals surface area contributed by atoms with Gasteiger partial charge in [0.1, 0.15) is 11.6 Å². The molecule has 1 aliphatic rings. The highest BCUT2D eigenvalue weighted by Crippen LogP contribution is 2.30. The van der Waals surface area contributed by atoms with Gasteiger partial charge in [-0.1, -0.05) is 12.1 Å². The SMILES string of the molecule is CON/C=C/c1[nH]c(C(=O)c2cnn(-c3ccc(Oc4ccccc4F)c(C)c3)c2N)cc1/C=C/N1CCOCC1. The summed E-state index contributed by atoms with van der Waals surface area (Å²) in [5.41, 5.74) is 12.6. The Morgan fingerprint density at radius 3 is 2.71 bits per heavy atom. The maximum Gasteiger partial charge on any atom is 0.214 e. The van der Waals surface area contributed by atoms with Crippen LogP contribution in [0, 0.1) is 12.7 Å². The fourth-order valence-corrected chi connectivity index (χ4v) is 4.39. The predicted molar refractivity (Wildman–Crippen MR) is 154 cm³/mol. The van der Waals surface area contributed by atoms with Crippen LogP contribution in [0.4, 0.5) is 10.2 Å². The first-order valence-electron chi connectivity index (χ1n) is 13.0. The summed E-state index contributed by atoms with van der Waals surface area (Å²) in [6.45, 7) is 4.79. The molecule has 0 bridgehead atoms. The molecule has 2 aromatic heterocycles. The van der Waals surface area contributed by atoms with Gasteiger partial charge in [-0.3, -0.25) is 15.1 Å². The molecule has 11 heteroatoms. The summed E-state index contributed by atoms with van der Waals surface area (Å²) in [6.07, 6.45) is 8.80. The van der Waals surface area contributed by atoms with Crippen LogP contribution in [0.25, 0.3) is 17.8 Å². The molecule has 4 aromatic rings. The fraction of sp³-hybridized carbons (Fsp3) is 0.200. The Balaban J connectivity index is 1.38. The number of ether oxygens (including phenoxy) is 2. The van der Waals surface area contributed by atoms with Gasteiger partial charge in [-0.15, -0.1) is 0 Å². The zero-order valence-corrected chi connectivity index (χ0v) is 22.8. The van der Waals surface area contributed by atoms with E-state index in [0.717, 1.165) is 29.9 Å². The summed E-state index contributed by atoms with van der Waals surface area (Å²) in [4.78, 5) is 23.8. The van der Waals surface area contributed by atoms with E-state index in [2.05, 4.69) is 20.5 Å². The Kier molecular flexibility index (Phi) is 8.47. The number of nitrogen functional groups attached to an aromatic ring is 1. The van der Waals surface area contributed by atoms with E-state index in [0.29, 0.717) is 30.3 Å². The standard InChI is InChI=1S/C30H31FN6O4/c1-20-17-22(7-8-27(20)41-28-6-4-3-5-24(28)31)37-30(32)23(19-33-37)29(38)26-18-21(25(35-26)9-11-34-39-2)10-12-36-13-15-40-16-14-36/h3-12,17-19,34-35H,13-16,32H2,1-2H3/b11-9+,12-10+. The summed E-state index contributed by atoms with van der Waals surface area (Å²) in [5, 5.41) is 4.37. The third-order valence-corrected chi connectivity index (χ3v) is 6.58. The van der Waals surface area contributed by atoms with Crippen molar-refractivity contribution in [1.29, 1.82) is 0 Å². The number of carbonyl (C=O) groups excluding carboxylic acids is 1. The number of nitrogens with two attached hydrogens (primary N) is 1. The van der Waals surface area contributed by atoms with Gasteiger partial charge in [0.15, 0.2) is 11.6 Å². The number of morpholine rings is 1. The Labute approximate surface area is 236 Å². The summed E-state index contributed by atoms with van der Waals surface area (Å²) >= 11 is 0. The minimum absolute atomic E-state index is 0.132. The van der Waals surface area contributed by atoms with Gasteiger partial charge >= 0.3 is 0 Å². The van der Waals surface area contributed by atoms with Crippen LogP contribution in [0.2, 0.25) is 0 Å². The van der Waals surface area contributed by atoms with Crippen molar-refractivity contribution < 1.29 is 23.5 Å². The molecule has 0 saturated carbocycles. The van der Waals surface area contributed by atoms with Crippen molar-refractivity contribution in [3.8, 4) is 17.2 Å². The molecule has 0 amide bonds. The lowest BCUT2D eigenvalue weighted by Gasteiger charge is -2.24. The van der Waals surface area contributed by atoms with E-state index < -0.39 is 5.82 Å². The van der Waals surface area contributed by atoms with Crippen LogP contribution in [0.3, 0.4) is 0 Å². The average Bonchev–Trinajstić information content (AvgIpc) is 3.57. The van der Waals surface area contributed by atoms with Gasteiger partial charge in [-0.05, 0) is 67.2 Å². The van der Waals surface area contributed by atoms with Gasteiger partial charge in [0.05, 0.1) is 43.5 Å². The predicted octanol–water partition coefficient (Wildman–Crippen LogP) is 4.68. The molecule has 1 fully saturated rings. The van der Waals surface area contributed by atoms with Crippen LogP contribution >= 0.6 is 0 Å². The first kappa shape index (κ1) is 27.7. The van der Waals surface area contributed by atoms with Gasteiger partial charge in [0, 0.05) is 30.5 Å². The Bertz CT molecular complexity index is 1590. The molecular weight excluding hydrogens is 527 g/mol. The summed E-state index contributed by atoms with van der Waals surface area (Å²) in [7, 11) is 1.51. The van der Waals surface area contributed by atoms with Crippen LogP contribution in [0.15, 0.2) is 67.1 Å². The zero-order valence-electron chi connectivity index (χ0n) is 22.8. The number of nitrogens with one attached hydrogen (secondary N) is 2. The molecule has 0 spiro atoms. The second kappa shape index (κ2) is 12.5. The number of hydrogen-bond acceptors (Lipinski definition) is 8. The van der Waals surface area contributed by atoms with Crippen LogP contribution < -0.4 is 16.0 Å². The number of nitrogens with zero attached hydrogens (tertiary/aromatic N) is 3. The van der Waals surface area contributed by atoms with E-state index >= 15 is 0 Å². The van der Waals surface area contributed by atoms with Crippen molar-refractivity contribution in [2.45, 2.75) is 6.92 Å². The van der Waals surface area contributed by atoms with Gasteiger partial charge in [0.2, 0.25) is 5.78 Å². The van der Waals surface area contributed by atoms with E-state index in [1.165, 1.54) is 24.1 Å². The first-order valence-corrected chi connectivity index (χ1v) is 13.0. The minimum atomic E-state index is -0.451. The fourth-order valence-electron chi connectivity index (χ4n) is 4.39. The molecule has 41 heavy (non-hydrogen) atoms. The molecule has 212 valence electrons. The highest BCUT2D eigenvalue weighted by atomic mass is 19.1. The normalized spacial score (nSPS) is 13.8. The van der Waals surface area contributed by atoms with E-state index in [1.54, 1.807) is 48.7 Å². The molecular formula is C30H31FN6O4. The van der Waals surface area contributed by atoms with E-state index in [-0.39, 0.29) is 22.9 Å². The molecule has 0 aliphatic carbocycles. The van der Waals surface area contributed by atoms with E-state index in [4.69, 9.17) is 20.0 Å². The van der Waals surface area contributed by atoms with E-state index in [9.17, 15) is 9.18 Å².